The van der Waals surface area contributed by atoms with Crippen LogP contribution < -0.4 is 5.32 Å². The Labute approximate surface area is 137 Å². The van der Waals surface area contributed by atoms with Crippen LogP contribution in [0.25, 0.3) is 0 Å². The van der Waals surface area contributed by atoms with Crippen LogP contribution in [-0.2, 0) is 0 Å². The highest BCUT2D eigenvalue weighted by Gasteiger charge is 2.30. The molecule has 4 rings (SSSR count). The molecule has 3 aromatic rings. The Morgan fingerprint density at radius 2 is 2.14 bits per heavy atom. The van der Waals surface area contributed by atoms with Crippen LogP contribution in [0.4, 0.5) is 5.95 Å². The summed E-state index contributed by atoms with van der Waals surface area (Å²) < 4.78 is 2.00. The van der Waals surface area contributed by atoms with Crippen molar-refractivity contribution in [3.63, 3.8) is 0 Å². The predicted octanol–water partition coefficient (Wildman–Crippen LogP) is 4.21. The third kappa shape index (κ3) is 2.42. The number of hydrogen-bond acceptors (Lipinski definition) is 5. The third-order valence-corrected chi connectivity index (χ3v) is 5.75. The minimum Gasteiger partial charge on any atom is -0.347 e. The number of fused-ring (bicyclic) bond motifs is 1. The maximum Gasteiger partial charge on any atom is 0.222 e. The van der Waals surface area contributed by atoms with Gasteiger partial charge < -0.3 is 5.32 Å². The van der Waals surface area contributed by atoms with Crippen LogP contribution in [0, 0.1) is 0 Å². The fourth-order valence-electron chi connectivity index (χ4n) is 2.90. The number of hydrogen-bond donors (Lipinski definition) is 1. The van der Waals surface area contributed by atoms with Gasteiger partial charge >= 0.3 is 0 Å². The lowest BCUT2D eigenvalue weighted by molar-refractivity contribution is 0.433. The van der Waals surface area contributed by atoms with Crippen LogP contribution in [0.15, 0.2) is 53.0 Å². The molecule has 2 aromatic heterocycles. The summed E-state index contributed by atoms with van der Waals surface area (Å²) in [5.74, 6) is 0.851. The van der Waals surface area contributed by atoms with E-state index in [9.17, 15) is 0 Å². The van der Waals surface area contributed by atoms with E-state index >= 15 is 0 Å². The maximum absolute atomic E-state index is 4.41. The lowest BCUT2D eigenvalue weighted by Crippen LogP contribution is -2.27. The van der Waals surface area contributed by atoms with Gasteiger partial charge in [0.15, 0.2) is 0 Å². The summed E-state index contributed by atoms with van der Waals surface area (Å²) in [4.78, 5) is 7.00. The second kappa shape index (κ2) is 5.78. The number of rotatable bonds is 3. The molecule has 4 nitrogen and oxygen atoms in total. The van der Waals surface area contributed by atoms with Crippen LogP contribution >= 0.6 is 23.1 Å². The molecule has 1 aromatic carbocycles. The average Bonchev–Trinajstić information content (AvgIpc) is 3.25. The fourth-order valence-corrected chi connectivity index (χ4v) is 4.10. The molecule has 0 radical (unpaired) electrons. The molecule has 0 saturated heterocycles. The second-order valence-corrected chi connectivity index (χ2v) is 7.12. The van der Waals surface area contributed by atoms with Crippen LogP contribution in [0.5, 0.6) is 0 Å². The minimum absolute atomic E-state index is 0.224. The predicted molar refractivity (Wildman–Crippen MR) is 91.7 cm³/mol. The molecule has 0 fully saturated rings. The zero-order valence-electron chi connectivity index (χ0n) is 12.1. The molecule has 0 bridgehead atoms. The maximum atomic E-state index is 4.41. The Morgan fingerprint density at radius 3 is 2.86 bits per heavy atom. The number of thioether (sulfide) groups is 1. The first-order valence-corrected chi connectivity index (χ1v) is 9.29. The number of aromatic nitrogens is 3. The van der Waals surface area contributed by atoms with Gasteiger partial charge in [-0.25, -0.2) is 4.68 Å². The zero-order valence-corrected chi connectivity index (χ0v) is 13.8. The molecule has 1 N–H and O–H groups in total. The van der Waals surface area contributed by atoms with Crippen molar-refractivity contribution in [1.29, 1.82) is 0 Å². The Bertz CT molecular complexity index is 749. The third-order valence-electron chi connectivity index (χ3n) is 4.02. The molecule has 0 aliphatic carbocycles. The SMILES string of the molecule is CSc1ccc([C@H]2C[C@@H](c3cccs3)Nc3ncnn32)cc1. The first kappa shape index (κ1) is 13.8. The summed E-state index contributed by atoms with van der Waals surface area (Å²) in [6, 6.07) is 13.6. The van der Waals surface area contributed by atoms with Crippen LogP contribution in [0.1, 0.15) is 28.9 Å². The highest BCUT2D eigenvalue weighted by molar-refractivity contribution is 7.98. The van der Waals surface area contributed by atoms with Gasteiger partial charge in [-0.15, -0.1) is 23.1 Å². The largest absolute Gasteiger partial charge is 0.347 e. The lowest BCUT2D eigenvalue weighted by Gasteiger charge is -2.31. The molecule has 0 spiro atoms. The first-order chi connectivity index (χ1) is 10.8. The number of anilines is 1. The van der Waals surface area contributed by atoms with Gasteiger partial charge in [0, 0.05) is 9.77 Å². The molecule has 0 unspecified atom stereocenters. The van der Waals surface area contributed by atoms with Gasteiger partial charge in [0.25, 0.3) is 0 Å². The summed E-state index contributed by atoms with van der Waals surface area (Å²) >= 11 is 3.55. The normalized spacial score (nSPS) is 20.4. The van der Waals surface area contributed by atoms with Crippen molar-refractivity contribution >= 4 is 29.0 Å². The fraction of sp³-hybridized carbons (Fsp3) is 0.250. The van der Waals surface area contributed by atoms with E-state index in [2.05, 4.69) is 63.4 Å². The quantitative estimate of drug-likeness (QED) is 0.732. The lowest BCUT2D eigenvalue weighted by atomic mass is 9.97. The smallest absolute Gasteiger partial charge is 0.222 e. The molecule has 3 heterocycles. The molecule has 0 saturated carbocycles. The summed E-state index contributed by atoms with van der Waals surface area (Å²) in [6.07, 6.45) is 4.71. The highest BCUT2D eigenvalue weighted by atomic mass is 32.2. The monoisotopic (exact) mass is 328 g/mol. The summed E-state index contributed by atoms with van der Waals surface area (Å²) in [6.45, 7) is 0. The van der Waals surface area contributed by atoms with E-state index in [0.717, 1.165) is 12.4 Å². The van der Waals surface area contributed by atoms with Crippen LogP contribution in [0.2, 0.25) is 0 Å². The van der Waals surface area contributed by atoms with Gasteiger partial charge in [-0.3, -0.25) is 0 Å². The molecular formula is C16H16N4S2. The summed E-state index contributed by atoms with van der Waals surface area (Å²) in [5.41, 5.74) is 1.28. The summed E-state index contributed by atoms with van der Waals surface area (Å²) in [7, 11) is 0. The van der Waals surface area contributed by atoms with Gasteiger partial charge in [-0.2, -0.15) is 10.1 Å². The number of thiophene rings is 1. The standard InChI is InChI=1S/C16H16N4S2/c1-21-12-6-4-11(5-7-12)14-9-13(15-3-2-8-22-15)19-16-17-10-18-20(14)16/h2-8,10,13-14H,9H2,1H3,(H,17,18,19)/t13-,14+/m0/s1. The Balaban J connectivity index is 1.71. The van der Waals surface area contributed by atoms with E-state index in [1.165, 1.54) is 15.3 Å². The van der Waals surface area contributed by atoms with E-state index in [1.807, 2.05) is 4.68 Å². The molecule has 6 heteroatoms. The number of benzene rings is 1. The zero-order chi connectivity index (χ0) is 14.9. The highest BCUT2D eigenvalue weighted by Crippen LogP contribution is 2.38. The topological polar surface area (TPSA) is 42.7 Å². The second-order valence-electron chi connectivity index (χ2n) is 5.27. The van der Waals surface area contributed by atoms with E-state index < -0.39 is 0 Å². The summed E-state index contributed by atoms with van der Waals surface area (Å²) in [5, 5.41) is 10.0. The van der Waals surface area contributed by atoms with Gasteiger partial charge in [-0.1, -0.05) is 18.2 Å². The van der Waals surface area contributed by atoms with Crippen LogP contribution in [0.3, 0.4) is 0 Å². The number of nitrogens with zero attached hydrogens (tertiary/aromatic N) is 3. The number of nitrogens with one attached hydrogen (secondary N) is 1. The molecule has 2 atom stereocenters. The van der Waals surface area contributed by atoms with Crippen molar-refractivity contribution in [3.8, 4) is 0 Å². The molecule has 1 aliphatic rings. The van der Waals surface area contributed by atoms with Crippen molar-refractivity contribution in [3.05, 3.63) is 58.5 Å². The van der Waals surface area contributed by atoms with Crippen LogP contribution in [-0.4, -0.2) is 21.0 Å². The van der Waals surface area contributed by atoms with E-state index in [4.69, 9.17) is 0 Å². The van der Waals surface area contributed by atoms with Gasteiger partial charge in [0.05, 0.1) is 12.1 Å². The Hall–Kier alpha value is -1.79. The van der Waals surface area contributed by atoms with E-state index in [0.29, 0.717) is 6.04 Å². The van der Waals surface area contributed by atoms with E-state index in [-0.39, 0.29) is 6.04 Å². The van der Waals surface area contributed by atoms with Gasteiger partial charge in [0.1, 0.15) is 6.33 Å². The van der Waals surface area contributed by atoms with E-state index in [1.54, 1.807) is 29.4 Å². The molecule has 0 amide bonds. The van der Waals surface area contributed by atoms with Crippen molar-refractivity contribution < 1.29 is 0 Å². The van der Waals surface area contributed by atoms with Crippen molar-refractivity contribution in [2.24, 2.45) is 0 Å². The van der Waals surface area contributed by atoms with Gasteiger partial charge in [-0.05, 0) is 41.8 Å². The molecule has 112 valence electrons. The molecule has 1 aliphatic heterocycles. The van der Waals surface area contributed by atoms with Crippen molar-refractivity contribution in [2.75, 3.05) is 11.6 Å². The minimum atomic E-state index is 0.224. The Morgan fingerprint density at radius 1 is 1.27 bits per heavy atom. The van der Waals surface area contributed by atoms with Crippen molar-refractivity contribution in [2.45, 2.75) is 23.4 Å². The van der Waals surface area contributed by atoms with Gasteiger partial charge in [0.2, 0.25) is 5.95 Å². The molecule has 22 heavy (non-hydrogen) atoms. The first-order valence-electron chi connectivity index (χ1n) is 7.18. The van der Waals surface area contributed by atoms with Crippen molar-refractivity contribution in [1.82, 2.24) is 14.8 Å². The Kier molecular flexibility index (Phi) is 3.63. The average molecular weight is 328 g/mol. The molecular weight excluding hydrogens is 312 g/mol.